The van der Waals surface area contributed by atoms with E-state index in [0.717, 1.165) is 62.0 Å². The molecule has 0 spiro atoms. The molecule has 7 aromatic carbocycles. The van der Waals surface area contributed by atoms with Gasteiger partial charge in [0.05, 0.1) is 30.5 Å². The number of furan rings is 1. The number of para-hydroxylation sites is 3. The maximum absolute atomic E-state index is 6.19. The zero-order valence-corrected chi connectivity index (χ0v) is 45.5. The zero-order chi connectivity index (χ0) is 47.4. The summed E-state index contributed by atoms with van der Waals surface area (Å²) in [6.07, 6.45) is 3.18. The molecule has 0 saturated carbocycles. The average molecular weight is 1110 g/mol. The summed E-state index contributed by atoms with van der Waals surface area (Å²) < 4.78 is 11.2. The van der Waals surface area contributed by atoms with E-state index in [-0.39, 0.29) is 20.1 Å². The topological polar surface area (TPSA) is 43.9 Å². The number of hydrogen-bond donors (Lipinski definition) is 0. The van der Waals surface area contributed by atoms with Crippen molar-refractivity contribution in [3.05, 3.63) is 180 Å². The molecule has 0 aliphatic rings. The van der Waals surface area contributed by atoms with Gasteiger partial charge in [0, 0.05) is 42.1 Å². The molecule has 0 bridgehead atoms. The fraction of sp³-hybridized carbons (Fsp3) is 0.226. The van der Waals surface area contributed by atoms with Crippen molar-refractivity contribution in [2.75, 3.05) is 0 Å². The normalized spacial score (nSPS) is 12.0. The van der Waals surface area contributed by atoms with Crippen molar-refractivity contribution in [3.8, 4) is 39.5 Å². The van der Waals surface area contributed by atoms with E-state index >= 15 is 0 Å². The Morgan fingerprint density at radius 2 is 1.33 bits per heavy atom. The third-order valence-electron chi connectivity index (χ3n) is 13.1. The minimum atomic E-state index is -1.44. The van der Waals surface area contributed by atoms with Crippen LogP contribution in [-0.4, -0.2) is 22.6 Å². The molecule has 4 nitrogen and oxygen atoms in total. The molecule has 0 aliphatic heterocycles. The number of imidazole rings is 1. The molecule has 11 rings (SSSR count). The van der Waals surface area contributed by atoms with E-state index in [1.807, 2.05) is 29.5 Å². The second-order valence-electron chi connectivity index (χ2n) is 20.4. The molecule has 0 atom stereocenters. The molecule has 349 valence electrons. The van der Waals surface area contributed by atoms with Crippen LogP contribution in [0, 0.1) is 25.0 Å². The van der Waals surface area contributed by atoms with Gasteiger partial charge in [-0.25, -0.2) is 0 Å². The SMILES string of the molecule is CC(C)Cc1cc(-c2[c-]ccc3c2oc2ccccc23)ncc1[Si](C)(C)C.Cc1ccc2c(c1)sc1c(-c3nc4ccccc4n3-c3c(C(C)C)cc(-c4ccccc4)cc3C(C)C)[c-]ccc12.[Ir]. The van der Waals surface area contributed by atoms with Crippen LogP contribution in [0.2, 0.25) is 19.6 Å². The monoisotopic (exact) mass is 1110 g/mol. The number of thiophene rings is 1. The average Bonchev–Trinajstić information content (AvgIpc) is 4.02. The molecule has 0 N–H and O–H groups in total. The van der Waals surface area contributed by atoms with Gasteiger partial charge in [0.1, 0.15) is 5.58 Å². The van der Waals surface area contributed by atoms with Gasteiger partial charge < -0.3 is 14.0 Å². The van der Waals surface area contributed by atoms with Crippen molar-refractivity contribution >= 4 is 77.7 Å². The fourth-order valence-corrected chi connectivity index (χ4v) is 12.7. The molecule has 4 aromatic heterocycles. The van der Waals surface area contributed by atoms with Crippen molar-refractivity contribution in [1.82, 2.24) is 14.5 Å². The number of aromatic nitrogens is 3. The van der Waals surface area contributed by atoms with Gasteiger partial charge in [0.25, 0.3) is 0 Å². The molecule has 0 unspecified atom stereocenters. The van der Waals surface area contributed by atoms with E-state index < -0.39 is 8.07 Å². The second-order valence-corrected chi connectivity index (χ2v) is 26.5. The number of pyridine rings is 1. The van der Waals surface area contributed by atoms with Crippen molar-refractivity contribution in [3.63, 3.8) is 0 Å². The number of nitrogens with zero attached hydrogens (tertiary/aromatic N) is 3. The van der Waals surface area contributed by atoms with Crippen LogP contribution in [0.3, 0.4) is 0 Å². The van der Waals surface area contributed by atoms with Crippen LogP contribution >= 0.6 is 11.3 Å². The Morgan fingerprint density at radius 3 is 2.04 bits per heavy atom. The summed E-state index contributed by atoms with van der Waals surface area (Å²) in [5.74, 6) is 2.22. The molecular formula is C62H59IrN3OSSi-2. The van der Waals surface area contributed by atoms with Gasteiger partial charge in [0.15, 0.2) is 0 Å². The Hall–Kier alpha value is -5.95. The zero-order valence-electron chi connectivity index (χ0n) is 41.3. The Bertz CT molecular complexity index is 3620. The summed E-state index contributed by atoms with van der Waals surface area (Å²) in [5, 5.41) is 6.29. The Kier molecular flexibility index (Phi) is 13.6. The molecule has 0 aliphatic carbocycles. The molecule has 0 fully saturated rings. The van der Waals surface area contributed by atoms with Gasteiger partial charge in [0.2, 0.25) is 0 Å². The van der Waals surface area contributed by atoms with Crippen molar-refractivity contribution < 1.29 is 24.5 Å². The van der Waals surface area contributed by atoms with E-state index in [0.29, 0.717) is 17.8 Å². The van der Waals surface area contributed by atoms with E-state index in [1.54, 1.807) is 0 Å². The van der Waals surface area contributed by atoms with Crippen molar-refractivity contribution in [2.45, 2.75) is 86.4 Å². The van der Waals surface area contributed by atoms with Gasteiger partial charge >= 0.3 is 0 Å². The van der Waals surface area contributed by atoms with Crippen LogP contribution in [-0.2, 0) is 26.5 Å². The first-order valence-corrected chi connectivity index (χ1v) is 28.4. The van der Waals surface area contributed by atoms with Crippen LogP contribution in [0.1, 0.15) is 75.6 Å². The smallest absolute Gasteiger partial charge is 0.120 e. The Balaban J connectivity index is 0.000000184. The van der Waals surface area contributed by atoms with Gasteiger partial charge in [-0.2, -0.15) is 11.3 Å². The largest absolute Gasteiger partial charge is 0.501 e. The minimum absolute atomic E-state index is 0. The predicted octanol–water partition coefficient (Wildman–Crippen LogP) is 17.3. The van der Waals surface area contributed by atoms with Gasteiger partial charge in [-0.05, 0) is 116 Å². The van der Waals surface area contributed by atoms with Gasteiger partial charge in [-0.1, -0.05) is 168 Å². The van der Waals surface area contributed by atoms with Gasteiger partial charge in [-0.3, -0.25) is 4.98 Å². The number of fused-ring (bicyclic) bond motifs is 7. The second kappa shape index (κ2) is 19.4. The summed E-state index contributed by atoms with van der Waals surface area (Å²) in [6.45, 7) is 23.1. The third-order valence-corrected chi connectivity index (χ3v) is 16.4. The maximum Gasteiger partial charge on any atom is 0.120 e. The van der Waals surface area contributed by atoms with E-state index in [2.05, 4.69) is 212 Å². The molecule has 4 heterocycles. The first kappa shape index (κ1) is 48.1. The number of hydrogen-bond acceptors (Lipinski definition) is 4. The molecule has 1 radical (unpaired) electrons. The predicted molar refractivity (Wildman–Crippen MR) is 294 cm³/mol. The molecule has 0 amide bonds. The third kappa shape index (κ3) is 9.19. The molecule has 69 heavy (non-hydrogen) atoms. The number of rotatable bonds is 9. The maximum atomic E-state index is 6.19. The molecular weight excluding hydrogens is 1060 g/mol. The molecule has 7 heteroatoms. The van der Waals surface area contributed by atoms with Crippen LogP contribution in [0.15, 0.2) is 150 Å². The standard InChI is InChI=1S/C38H33N2S.C24H26NOSi.Ir/c1-23(2)31-21-27(26-12-7-6-8-13-26)22-32(24(3)4)36(31)40-34-17-10-9-16-33(34)39-38(40)30-15-11-14-29-28-19-18-25(5)20-35(28)41-37(29)30;1-16(2)13-17-14-21(25-15-23(17)27(3,4)5)20-11-8-10-19-18-9-6-7-12-22(18)26-24(19)20;/h6-14,16-24H,1-5H3;6-10,12,14-16H,13H2,1-5H3;/q2*-1;. The Labute approximate surface area is 425 Å². The summed E-state index contributed by atoms with van der Waals surface area (Å²) >= 11 is 1.85. The quantitative estimate of drug-likeness (QED) is 0.107. The summed E-state index contributed by atoms with van der Waals surface area (Å²) in [6, 6.07) is 56.6. The number of aryl methyl sites for hydroxylation is 1. The first-order valence-electron chi connectivity index (χ1n) is 24.1. The van der Waals surface area contributed by atoms with Crippen LogP contribution in [0.25, 0.3) is 92.6 Å². The fourth-order valence-electron chi connectivity index (χ4n) is 9.85. The van der Waals surface area contributed by atoms with Gasteiger partial charge in [-0.15, -0.1) is 36.4 Å². The van der Waals surface area contributed by atoms with Crippen LogP contribution in [0.4, 0.5) is 0 Å². The Morgan fingerprint density at radius 1 is 0.667 bits per heavy atom. The van der Waals surface area contributed by atoms with Crippen molar-refractivity contribution in [1.29, 1.82) is 0 Å². The number of benzene rings is 7. The molecule has 11 aromatic rings. The summed E-state index contributed by atoms with van der Waals surface area (Å²) in [4.78, 5) is 10.2. The summed E-state index contributed by atoms with van der Waals surface area (Å²) in [7, 11) is -1.44. The van der Waals surface area contributed by atoms with Crippen LogP contribution < -0.4 is 5.19 Å². The van der Waals surface area contributed by atoms with Crippen LogP contribution in [0.5, 0.6) is 0 Å². The first-order chi connectivity index (χ1) is 32.7. The van der Waals surface area contributed by atoms with E-state index in [4.69, 9.17) is 14.4 Å². The molecule has 0 saturated heterocycles. The van der Waals surface area contributed by atoms with E-state index in [9.17, 15) is 0 Å². The van der Waals surface area contributed by atoms with E-state index in [1.165, 1.54) is 64.4 Å². The summed E-state index contributed by atoms with van der Waals surface area (Å²) in [5.41, 5.74) is 16.0. The van der Waals surface area contributed by atoms with Crippen molar-refractivity contribution in [2.24, 2.45) is 5.92 Å². The minimum Gasteiger partial charge on any atom is -0.501 e.